The molecular formula is C24H28FN3O2. The van der Waals surface area contributed by atoms with Crippen molar-refractivity contribution in [3.8, 4) is 0 Å². The van der Waals surface area contributed by atoms with Gasteiger partial charge in [0.15, 0.2) is 0 Å². The quantitative estimate of drug-likeness (QED) is 0.798. The van der Waals surface area contributed by atoms with Crippen LogP contribution in [0.4, 0.5) is 10.1 Å². The number of carbonyl (C=O) groups excluding carboxylic acids is 2. The Morgan fingerprint density at radius 3 is 2.50 bits per heavy atom. The number of fused-ring (bicyclic) bond motifs is 1. The molecule has 2 aliphatic rings. The van der Waals surface area contributed by atoms with Crippen LogP contribution in [-0.4, -0.2) is 49.4 Å². The number of hydrogen-bond donors (Lipinski definition) is 1. The highest BCUT2D eigenvalue weighted by Gasteiger charge is 2.25. The second kappa shape index (κ2) is 9.28. The van der Waals surface area contributed by atoms with E-state index in [1.54, 1.807) is 12.1 Å². The van der Waals surface area contributed by atoms with Crippen molar-refractivity contribution in [2.75, 3.05) is 37.6 Å². The van der Waals surface area contributed by atoms with Gasteiger partial charge in [-0.1, -0.05) is 24.3 Å². The first-order valence-electron chi connectivity index (χ1n) is 10.7. The standard InChI is InChI=1S/C24H28FN3O2/c25-20-7-9-21(10-8-20)27-13-15-28(16-14-27)24(30)11-12-26-23(29)17-19-6-5-18-3-1-2-4-22(18)19/h1-4,7-10,19H,5-6,11-17H2,(H,26,29). The van der Waals surface area contributed by atoms with Crippen molar-refractivity contribution in [2.24, 2.45) is 0 Å². The molecule has 1 fully saturated rings. The van der Waals surface area contributed by atoms with Gasteiger partial charge in [0.25, 0.3) is 0 Å². The van der Waals surface area contributed by atoms with Crippen LogP contribution < -0.4 is 10.2 Å². The largest absolute Gasteiger partial charge is 0.368 e. The van der Waals surface area contributed by atoms with Crippen LogP contribution in [-0.2, 0) is 16.0 Å². The summed E-state index contributed by atoms with van der Waals surface area (Å²) in [6.07, 6.45) is 2.87. The maximum absolute atomic E-state index is 13.1. The fourth-order valence-electron chi connectivity index (χ4n) is 4.49. The van der Waals surface area contributed by atoms with E-state index < -0.39 is 0 Å². The number of benzene rings is 2. The Morgan fingerprint density at radius 1 is 1.00 bits per heavy atom. The summed E-state index contributed by atoms with van der Waals surface area (Å²) in [6, 6.07) is 14.8. The lowest BCUT2D eigenvalue weighted by molar-refractivity contribution is -0.131. The van der Waals surface area contributed by atoms with Crippen LogP contribution in [0.1, 0.15) is 36.3 Å². The van der Waals surface area contributed by atoms with Crippen LogP contribution in [0.5, 0.6) is 0 Å². The highest BCUT2D eigenvalue weighted by atomic mass is 19.1. The monoisotopic (exact) mass is 409 g/mol. The summed E-state index contributed by atoms with van der Waals surface area (Å²) >= 11 is 0. The Hall–Kier alpha value is -2.89. The van der Waals surface area contributed by atoms with Gasteiger partial charge in [0.1, 0.15) is 5.82 Å². The first-order chi connectivity index (χ1) is 14.6. The molecule has 1 saturated heterocycles. The van der Waals surface area contributed by atoms with E-state index >= 15 is 0 Å². The maximum Gasteiger partial charge on any atom is 0.224 e. The van der Waals surface area contributed by atoms with Gasteiger partial charge in [-0.15, -0.1) is 0 Å². The zero-order valence-corrected chi connectivity index (χ0v) is 17.1. The minimum atomic E-state index is -0.244. The summed E-state index contributed by atoms with van der Waals surface area (Å²) in [4.78, 5) is 28.8. The van der Waals surface area contributed by atoms with Crippen molar-refractivity contribution in [2.45, 2.75) is 31.6 Å². The molecule has 5 nitrogen and oxygen atoms in total. The van der Waals surface area contributed by atoms with Crippen LogP contribution in [0.2, 0.25) is 0 Å². The number of carbonyl (C=O) groups is 2. The molecule has 0 saturated carbocycles. The molecule has 2 amide bonds. The molecular weight excluding hydrogens is 381 g/mol. The van der Waals surface area contributed by atoms with Crippen LogP contribution in [0.15, 0.2) is 48.5 Å². The minimum absolute atomic E-state index is 0.0191. The third-order valence-electron chi connectivity index (χ3n) is 6.17. The molecule has 0 bridgehead atoms. The smallest absolute Gasteiger partial charge is 0.224 e. The van der Waals surface area contributed by atoms with Crippen molar-refractivity contribution in [3.05, 3.63) is 65.5 Å². The van der Waals surface area contributed by atoms with E-state index in [-0.39, 0.29) is 23.5 Å². The Morgan fingerprint density at radius 2 is 1.73 bits per heavy atom. The summed E-state index contributed by atoms with van der Waals surface area (Å²) in [5.41, 5.74) is 3.62. The summed E-state index contributed by atoms with van der Waals surface area (Å²) in [6.45, 7) is 3.12. The lowest BCUT2D eigenvalue weighted by atomic mass is 9.97. The molecule has 4 rings (SSSR count). The predicted octanol–water partition coefficient (Wildman–Crippen LogP) is 3.10. The Labute approximate surface area is 176 Å². The summed E-state index contributed by atoms with van der Waals surface area (Å²) in [5, 5.41) is 2.92. The lowest BCUT2D eigenvalue weighted by Crippen LogP contribution is -2.49. The van der Waals surface area contributed by atoms with Crippen LogP contribution >= 0.6 is 0 Å². The molecule has 2 aromatic carbocycles. The first kappa shape index (κ1) is 20.4. The van der Waals surface area contributed by atoms with E-state index in [1.165, 1.54) is 23.3 Å². The molecule has 1 N–H and O–H groups in total. The van der Waals surface area contributed by atoms with E-state index in [0.717, 1.165) is 31.6 Å². The molecule has 158 valence electrons. The van der Waals surface area contributed by atoms with Crippen molar-refractivity contribution < 1.29 is 14.0 Å². The zero-order valence-electron chi connectivity index (χ0n) is 17.1. The van der Waals surface area contributed by atoms with E-state index in [2.05, 4.69) is 22.3 Å². The molecule has 0 spiro atoms. The van der Waals surface area contributed by atoms with Gasteiger partial charge in [0.05, 0.1) is 0 Å². The van der Waals surface area contributed by atoms with Gasteiger partial charge in [0, 0.05) is 51.3 Å². The van der Waals surface area contributed by atoms with E-state index in [1.807, 2.05) is 17.0 Å². The van der Waals surface area contributed by atoms with Crippen LogP contribution in [0.3, 0.4) is 0 Å². The predicted molar refractivity (Wildman–Crippen MR) is 115 cm³/mol. The molecule has 1 unspecified atom stereocenters. The second-order valence-electron chi connectivity index (χ2n) is 8.08. The van der Waals surface area contributed by atoms with E-state index in [4.69, 9.17) is 0 Å². The number of amides is 2. The SMILES string of the molecule is O=C(CC1CCc2ccccc21)NCCC(=O)N1CCN(c2ccc(F)cc2)CC1. The van der Waals surface area contributed by atoms with E-state index in [0.29, 0.717) is 32.5 Å². The lowest BCUT2D eigenvalue weighted by Gasteiger charge is -2.36. The average Bonchev–Trinajstić information content (AvgIpc) is 3.17. The highest BCUT2D eigenvalue weighted by molar-refractivity contribution is 5.80. The molecule has 1 heterocycles. The summed E-state index contributed by atoms with van der Waals surface area (Å²) in [5.74, 6) is 0.133. The van der Waals surface area contributed by atoms with Crippen molar-refractivity contribution in [1.29, 1.82) is 0 Å². The maximum atomic E-state index is 13.1. The topological polar surface area (TPSA) is 52.7 Å². The molecule has 2 aromatic rings. The molecule has 0 aromatic heterocycles. The fourth-order valence-corrected chi connectivity index (χ4v) is 4.49. The third kappa shape index (κ3) is 4.81. The molecule has 30 heavy (non-hydrogen) atoms. The second-order valence-corrected chi connectivity index (χ2v) is 8.08. The third-order valence-corrected chi connectivity index (χ3v) is 6.17. The van der Waals surface area contributed by atoms with Gasteiger partial charge in [-0.05, 0) is 54.2 Å². The number of piperazine rings is 1. The van der Waals surface area contributed by atoms with Gasteiger partial charge in [0.2, 0.25) is 11.8 Å². The van der Waals surface area contributed by atoms with Crippen molar-refractivity contribution in [3.63, 3.8) is 0 Å². The van der Waals surface area contributed by atoms with Gasteiger partial charge in [-0.25, -0.2) is 4.39 Å². The number of aryl methyl sites for hydroxylation is 1. The number of anilines is 1. The Balaban J connectivity index is 1.17. The number of hydrogen-bond acceptors (Lipinski definition) is 3. The normalized spacial score (nSPS) is 18.2. The number of rotatable bonds is 6. The first-order valence-corrected chi connectivity index (χ1v) is 10.7. The Bertz CT molecular complexity index is 892. The minimum Gasteiger partial charge on any atom is -0.368 e. The summed E-state index contributed by atoms with van der Waals surface area (Å²) in [7, 11) is 0. The van der Waals surface area contributed by atoms with E-state index in [9.17, 15) is 14.0 Å². The van der Waals surface area contributed by atoms with Gasteiger partial charge in [-0.2, -0.15) is 0 Å². The van der Waals surface area contributed by atoms with Crippen LogP contribution in [0, 0.1) is 5.82 Å². The van der Waals surface area contributed by atoms with Gasteiger partial charge >= 0.3 is 0 Å². The average molecular weight is 410 g/mol. The summed E-state index contributed by atoms with van der Waals surface area (Å²) < 4.78 is 13.1. The molecule has 1 aliphatic heterocycles. The number of nitrogens with zero attached hydrogens (tertiary/aromatic N) is 2. The van der Waals surface area contributed by atoms with Crippen molar-refractivity contribution in [1.82, 2.24) is 10.2 Å². The van der Waals surface area contributed by atoms with Gasteiger partial charge in [-0.3, -0.25) is 9.59 Å². The molecule has 6 heteroatoms. The number of halogens is 1. The Kier molecular flexibility index (Phi) is 6.31. The van der Waals surface area contributed by atoms with Crippen molar-refractivity contribution >= 4 is 17.5 Å². The van der Waals surface area contributed by atoms with Gasteiger partial charge < -0.3 is 15.1 Å². The molecule has 1 aliphatic carbocycles. The highest BCUT2D eigenvalue weighted by Crippen LogP contribution is 2.35. The zero-order chi connectivity index (χ0) is 20.9. The fraction of sp³-hybridized carbons (Fsp3) is 0.417. The number of nitrogens with one attached hydrogen (secondary N) is 1. The van der Waals surface area contributed by atoms with Crippen LogP contribution in [0.25, 0.3) is 0 Å². The molecule has 0 radical (unpaired) electrons. The molecule has 1 atom stereocenters.